The minimum Gasteiger partial charge on any atom is -0.489 e. The van der Waals surface area contributed by atoms with E-state index in [1.54, 1.807) is 0 Å². The molecule has 134 valence electrons. The molecule has 3 aromatic rings. The van der Waals surface area contributed by atoms with Gasteiger partial charge in [0.2, 0.25) is 5.76 Å². The number of amides is 1. The van der Waals surface area contributed by atoms with Crippen molar-refractivity contribution in [2.75, 3.05) is 13.1 Å². The molecule has 1 saturated heterocycles. The van der Waals surface area contributed by atoms with E-state index in [9.17, 15) is 4.79 Å². The lowest BCUT2D eigenvalue weighted by Gasteiger charge is -2.26. The van der Waals surface area contributed by atoms with E-state index in [0.29, 0.717) is 11.3 Å². The highest BCUT2D eigenvalue weighted by Crippen LogP contribution is 2.27. The Morgan fingerprint density at radius 1 is 1.00 bits per heavy atom. The summed E-state index contributed by atoms with van der Waals surface area (Å²) in [5, 5.41) is 2.88. The predicted molar refractivity (Wildman–Crippen MR) is 99.9 cm³/mol. The summed E-state index contributed by atoms with van der Waals surface area (Å²) in [6.07, 6.45) is 3.42. The van der Waals surface area contributed by atoms with Crippen molar-refractivity contribution in [2.24, 2.45) is 0 Å². The molecule has 26 heavy (non-hydrogen) atoms. The van der Waals surface area contributed by atoms with Gasteiger partial charge in [-0.15, -0.1) is 0 Å². The van der Waals surface area contributed by atoms with E-state index < -0.39 is 0 Å². The van der Waals surface area contributed by atoms with Crippen molar-refractivity contribution in [3.8, 4) is 5.75 Å². The van der Waals surface area contributed by atoms with Gasteiger partial charge in [-0.05, 0) is 31.0 Å². The van der Waals surface area contributed by atoms with Crippen LogP contribution >= 0.6 is 0 Å². The maximum absolute atomic E-state index is 12.8. The van der Waals surface area contributed by atoms with Gasteiger partial charge in [0.05, 0.1) is 0 Å². The predicted octanol–water partition coefficient (Wildman–Crippen LogP) is 4.14. The van der Waals surface area contributed by atoms with Crippen LogP contribution < -0.4 is 10.2 Å². The molecule has 0 bridgehead atoms. The monoisotopic (exact) mass is 350 g/mol. The van der Waals surface area contributed by atoms with Crippen LogP contribution in [0.4, 0.5) is 0 Å². The molecule has 5 nitrogen and oxygen atoms in total. The molecule has 1 aliphatic heterocycles. The van der Waals surface area contributed by atoms with Crippen molar-refractivity contribution in [3.63, 3.8) is 0 Å². The largest absolute Gasteiger partial charge is 0.489 e. The lowest BCUT2D eigenvalue weighted by molar-refractivity contribution is 0.0720. The molecule has 1 N–H and O–H groups in total. The van der Waals surface area contributed by atoms with Gasteiger partial charge in [-0.1, -0.05) is 42.8 Å². The summed E-state index contributed by atoms with van der Waals surface area (Å²) in [4.78, 5) is 12.8. The van der Waals surface area contributed by atoms with Crippen molar-refractivity contribution in [1.82, 2.24) is 10.4 Å². The highest BCUT2D eigenvalue weighted by molar-refractivity contribution is 5.98. The maximum Gasteiger partial charge on any atom is 0.301 e. The van der Waals surface area contributed by atoms with Gasteiger partial charge in [0, 0.05) is 24.0 Å². The number of carbonyl (C=O) groups is 1. The van der Waals surface area contributed by atoms with Crippen LogP contribution in [0.15, 0.2) is 59.0 Å². The summed E-state index contributed by atoms with van der Waals surface area (Å²) in [6, 6.07) is 17.3. The first-order valence-electron chi connectivity index (χ1n) is 9.05. The van der Waals surface area contributed by atoms with Crippen LogP contribution in [-0.2, 0) is 6.61 Å². The fourth-order valence-corrected chi connectivity index (χ4v) is 3.30. The Hall–Kier alpha value is -2.79. The van der Waals surface area contributed by atoms with Crippen LogP contribution in [0.5, 0.6) is 5.75 Å². The molecule has 0 spiro atoms. The first-order valence-corrected chi connectivity index (χ1v) is 9.05. The molecule has 2 heterocycles. The highest BCUT2D eigenvalue weighted by atomic mass is 16.5. The molecule has 0 unspecified atom stereocenters. The van der Waals surface area contributed by atoms with Crippen LogP contribution in [0.3, 0.4) is 0 Å². The number of carbonyl (C=O) groups excluding carboxylic acids is 1. The number of para-hydroxylation sites is 2. The van der Waals surface area contributed by atoms with Gasteiger partial charge >= 0.3 is 5.91 Å². The second-order valence-electron chi connectivity index (χ2n) is 6.50. The van der Waals surface area contributed by atoms with Crippen molar-refractivity contribution in [2.45, 2.75) is 25.9 Å². The summed E-state index contributed by atoms with van der Waals surface area (Å²) in [6.45, 7) is 2.04. The Morgan fingerprint density at radius 3 is 2.54 bits per heavy atom. The second-order valence-corrected chi connectivity index (χ2v) is 6.50. The summed E-state index contributed by atoms with van der Waals surface area (Å²) in [5.74, 6) is 0.877. The van der Waals surface area contributed by atoms with Crippen LogP contribution in [0.2, 0.25) is 0 Å². The molecule has 5 heteroatoms. The van der Waals surface area contributed by atoms with Gasteiger partial charge < -0.3 is 9.15 Å². The topological polar surface area (TPSA) is 54.7 Å². The number of ether oxygens (including phenoxy) is 1. The number of nitrogens with one attached hydrogen (secondary N) is 1. The molecule has 0 saturated carbocycles. The molecule has 1 fully saturated rings. The van der Waals surface area contributed by atoms with Gasteiger partial charge in [-0.2, -0.15) is 0 Å². The first kappa shape index (κ1) is 16.7. The van der Waals surface area contributed by atoms with Crippen molar-refractivity contribution in [3.05, 3.63) is 65.9 Å². The van der Waals surface area contributed by atoms with Crippen LogP contribution in [0, 0.1) is 0 Å². The number of hydrogen-bond acceptors (Lipinski definition) is 4. The van der Waals surface area contributed by atoms with E-state index in [1.807, 2.05) is 59.6 Å². The average molecular weight is 350 g/mol. The Morgan fingerprint density at radius 2 is 1.73 bits per heavy atom. The molecule has 0 atom stereocenters. The summed E-state index contributed by atoms with van der Waals surface area (Å²) < 4.78 is 11.8. The number of piperidine rings is 1. The number of furan rings is 1. The molecule has 1 aromatic heterocycles. The number of fused-ring (bicyclic) bond motifs is 1. The minimum atomic E-state index is -0.213. The van der Waals surface area contributed by atoms with Crippen molar-refractivity contribution < 1.29 is 13.9 Å². The number of rotatable bonds is 5. The lowest BCUT2D eigenvalue weighted by atomic mass is 10.1. The highest BCUT2D eigenvalue weighted by Gasteiger charge is 2.23. The van der Waals surface area contributed by atoms with E-state index >= 15 is 0 Å². The van der Waals surface area contributed by atoms with Crippen LogP contribution in [-0.4, -0.2) is 24.0 Å². The molecule has 0 aliphatic carbocycles. The average Bonchev–Trinajstić information content (AvgIpc) is 3.07. The van der Waals surface area contributed by atoms with E-state index in [1.165, 1.54) is 6.42 Å². The zero-order valence-electron chi connectivity index (χ0n) is 14.6. The first-order chi connectivity index (χ1) is 12.8. The fraction of sp³-hybridized carbons (Fsp3) is 0.286. The smallest absolute Gasteiger partial charge is 0.301 e. The van der Waals surface area contributed by atoms with Crippen LogP contribution in [0.25, 0.3) is 11.0 Å². The Kier molecular flexibility index (Phi) is 4.88. The third-order valence-electron chi connectivity index (χ3n) is 4.65. The van der Waals surface area contributed by atoms with Crippen molar-refractivity contribution in [1.29, 1.82) is 0 Å². The molecule has 1 amide bonds. The Bertz CT molecular complexity index is 883. The number of nitrogens with zero attached hydrogens (tertiary/aromatic N) is 1. The fourth-order valence-electron chi connectivity index (χ4n) is 3.30. The molecule has 4 rings (SSSR count). The maximum atomic E-state index is 12.8. The Labute approximate surface area is 152 Å². The van der Waals surface area contributed by atoms with Crippen LogP contribution in [0.1, 0.15) is 35.4 Å². The third-order valence-corrected chi connectivity index (χ3v) is 4.65. The normalized spacial score (nSPS) is 15.1. The van der Waals surface area contributed by atoms with Gasteiger partial charge in [0.25, 0.3) is 0 Å². The number of hydrazine groups is 1. The summed E-state index contributed by atoms with van der Waals surface area (Å²) in [5.41, 5.74) is 4.45. The van der Waals surface area contributed by atoms with Crippen molar-refractivity contribution >= 4 is 16.9 Å². The zero-order chi connectivity index (χ0) is 17.8. The molecular formula is C21H22N2O3. The SMILES string of the molecule is O=C(NN1CCCCC1)c1oc2ccccc2c1COc1ccccc1. The van der Waals surface area contributed by atoms with Gasteiger partial charge in [-0.3, -0.25) is 10.2 Å². The second kappa shape index (κ2) is 7.62. The Balaban J connectivity index is 1.59. The quantitative estimate of drug-likeness (QED) is 0.751. The number of hydrogen-bond donors (Lipinski definition) is 1. The van der Waals surface area contributed by atoms with E-state index in [2.05, 4.69) is 5.43 Å². The lowest BCUT2D eigenvalue weighted by Crippen LogP contribution is -2.45. The minimum absolute atomic E-state index is 0.213. The standard InChI is InChI=1S/C21H22N2O3/c24-21(22-23-13-7-2-8-14-23)20-18(15-25-16-9-3-1-4-10-16)17-11-5-6-12-19(17)26-20/h1,3-6,9-12H,2,7-8,13-15H2,(H,22,24). The van der Waals surface area contributed by atoms with Gasteiger partial charge in [0.1, 0.15) is 17.9 Å². The van der Waals surface area contributed by atoms with Gasteiger partial charge in [-0.25, -0.2) is 5.01 Å². The van der Waals surface area contributed by atoms with E-state index in [-0.39, 0.29) is 12.5 Å². The molecular weight excluding hydrogens is 328 g/mol. The number of benzene rings is 2. The van der Waals surface area contributed by atoms with Gasteiger partial charge in [0.15, 0.2) is 0 Å². The third kappa shape index (κ3) is 3.58. The van der Waals surface area contributed by atoms with E-state index in [4.69, 9.17) is 9.15 Å². The summed E-state index contributed by atoms with van der Waals surface area (Å²) >= 11 is 0. The zero-order valence-corrected chi connectivity index (χ0v) is 14.6. The molecule has 0 radical (unpaired) electrons. The van der Waals surface area contributed by atoms with E-state index in [0.717, 1.165) is 42.6 Å². The molecule has 1 aliphatic rings. The summed E-state index contributed by atoms with van der Waals surface area (Å²) in [7, 11) is 0. The molecule has 2 aromatic carbocycles.